The van der Waals surface area contributed by atoms with Crippen LogP contribution in [0.2, 0.25) is 0 Å². The first kappa shape index (κ1) is 17.9. The van der Waals surface area contributed by atoms with E-state index in [0.29, 0.717) is 5.69 Å². The van der Waals surface area contributed by atoms with Crippen molar-refractivity contribution in [1.82, 2.24) is 4.98 Å². The Morgan fingerprint density at radius 3 is 2.21 bits per heavy atom. The molecule has 0 saturated carbocycles. The molecule has 3 N–H and O–H groups in total. The summed E-state index contributed by atoms with van der Waals surface area (Å²) in [6.07, 6.45) is 0. The summed E-state index contributed by atoms with van der Waals surface area (Å²) in [6, 6.07) is 19.3. The molecule has 0 bridgehead atoms. The zero-order valence-electron chi connectivity index (χ0n) is 15.0. The van der Waals surface area contributed by atoms with Crippen molar-refractivity contribution in [3.63, 3.8) is 0 Å². The van der Waals surface area contributed by atoms with E-state index in [1.165, 1.54) is 25.3 Å². The minimum Gasteiger partial charge on any atom is -0.595 e. The number of quaternary nitrogens is 1. The van der Waals surface area contributed by atoms with Crippen LogP contribution in [-0.4, -0.2) is 23.2 Å². The van der Waals surface area contributed by atoms with Gasteiger partial charge in [0.15, 0.2) is 5.69 Å². The average Bonchev–Trinajstić information content (AvgIpc) is 2.72. The third-order valence-electron chi connectivity index (χ3n) is 4.52. The summed E-state index contributed by atoms with van der Waals surface area (Å²) in [5, 5.41) is 23.8. The Bertz CT molecular complexity index is 1140. The smallest absolute Gasteiger partial charge is 0.259 e. The second kappa shape index (κ2) is 7.24. The number of hydrogen-bond acceptors (Lipinski definition) is 5. The van der Waals surface area contributed by atoms with Crippen molar-refractivity contribution in [2.75, 3.05) is 12.4 Å². The Hall–Kier alpha value is -3.52. The van der Waals surface area contributed by atoms with Crippen molar-refractivity contribution < 1.29 is 20.0 Å². The standard InChI is InChI=1S/C21H17N3O4/c1-28-19-12-13(24(26)27)10-11-16(19)21(25)23-20-14-6-2-4-8-17(14)22-18-9-5-3-7-15(18)20/h2-12,24,26H,1H3,(H,22,23,25). The molecule has 0 aliphatic heterocycles. The number of carbonyl (C=O) groups is 1. The first-order chi connectivity index (χ1) is 13.6. The maximum Gasteiger partial charge on any atom is 0.259 e. The average molecular weight is 375 g/mol. The quantitative estimate of drug-likeness (QED) is 0.376. The van der Waals surface area contributed by atoms with Gasteiger partial charge in [-0.15, -0.1) is 0 Å². The van der Waals surface area contributed by atoms with E-state index in [1.807, 2.05) is 48.5 Å². The SMILES string of the molecule is COc1cc([NH+]([O-])O)ccc1C(=O)Nc1c2ccccc2nc2ccccc12. The number of carbonyl (C=O) groups excluding carboxylic acids is 1. The summed E-state index contributed by atoms with van der Waals surface area (Å²) in [4.78, 5) is 17.6. The molecule has 0 aliphatic rings. The van der Waals surface area contributed by atoms with Crippen LogP contribution in [0.1, 0.15) is 10.4 Å². The molecule has 1 amide bonds. The predicted octanol–water partition coefficient (Wildman–Crippen LogP) is 3.05. The number of hydrogen-bond donors (Lipinski definition) is 3. The largest absolute Gasteiger partial charge is 0.595 e. The Morgan fingerprint density at radius 1 is 1.04 bits per heavy atom. The Kier molecular flexibility index (Phi) is 4.62. The number of para-hydroxylation sites is 2. The topological polar surface area (TPSA) is 99.0 Å². The first-order valence-electron chi connectivity index (χ1n) is 8.58. The zero-order valence-corrected chi connectivity index (χ0v) is 15.0. The van der Waals surface area contributed by atoms with Crippen LogP contribution in [0.5, 0.6) is 5.75 Å². The fourth-order valence-corrected chi connectivity index (χ4v) is 3.17. The maximum atomic E-state index is 13.0. The van der Waals surface area contributed by atoms with E-state index in [1.54, 1.807) is 0 Å². The molecule has 1 heterocycles. The third-order valence-corrected chi connectivity index (χ3v) is 4.52. The van der Waals surface area contributed by atoms with Crippen LogP contribution in [0, 0.1) is 5.21 Å². The summed E-state index contributed by atoms with van der Waals surface area (Å²) in [7, 11) is 1.40. The lowest BCUT2D eigenvalue weighted by Gasteiger charge is -2.16. The van der Waals surface area contributed by atoms with Crippen LogP contribution in [-0.2, 0) is 0 Å². The van der Waals surface area contributed by atoms with E-state index in [0.717, 1.165) is 21.8 Å². The van der Waals surface area contributed by atoms with E-state index in [4.69, 9.17) is 9.94 Å². The van der Waals surface area contributed by atoms with Crippen LogP contribution in [0.4, 0.5) is 11.4 Å². The van der Waals surface area contributed by atoms with Crippen molar-refractivity contribution in [2.45, 2.75) is 0 Å². The monoisotopic (exact) mass is 375 g/mol. The Morgan fingerprint density at radius 2 is 1.64 bits per heavy atom. The van der Waals surface area contributed by atoms with Gasteiger partial charge < -0.3 is 15.3 Å². The van der Waals surface area contributed by atoms with E-state index in [2.05, 4.69) is 10.3 Å². The number of amides is 1. The van der Waals surface area contributed by atoms with Crippen molar-refractivity contribution in [3.05, 3.63) is 77.5 Å². The van der Waals surface area contributed by atoms with Crippen LogP contribution in [0.15, 0.2) is 66.7 Å². The highest BCUT2D eigenvalue weighted by molar-refractivity contribution is 6.16. The molecule has 7 heteroatoms. The minimum atomic E-state index is -1.09. The molecular formula is C21H17N3O4. The normalized spacial score (nSPS) is 12.1. The summed E-state index contributed by atoms with van der Waals surface area (Å²) >= 11 is 0. The van der Waals surface area contributed by atoms with E-state index >= 15 is 0 Å². The van der Waals surface area contributed by atoms with Crippen molar-refractivity contribution in [3.8, 4) is 5.75 Å². The Balaban J connectivity index is 1.82. The molecule has 0 fully saturated rings. The number of fused-ring (bicyclic) bond motifs is 2. The zero-order chi connectivity index (χ0) is 19.7. The number of aromatic nitrogens is 1. The van der Waals surface area contributed by atoms with Crippen LogP contribution in [0.3, 0.4) is 0 Å². The predicted molar refractivity (Wildman–Crippen MR) is 106 cm³/mol. The molecule has 1 aromatic heterocycles. The van der Waals surface area contributed by atoms with Gasteiger partial charge >= 0.3 is 0 Å². The lowest BCUT2D eigenvalue weighted by molar-refractivity contribution is -0.991. The summed E-state index contributed by atoms with van der Waals surface area (Å²) in [6.45, 7) is 0. The second-order valence-corrected chi connectivity index (χ2v) is 6.20. The maximum absolute atomic E-state index is 13.0. The van der Waals surface area contributed by atoms with Gasteiger partial charge in [0.25, 0.3) is 5.91 Å². The molecule has 0 radical (unpaired) electrons. The van der Waals surface area contributed by atoms with Gasteiger partial charge in [0, 0.05) is 22.9 Å². The molecule has 1 unspecified atom stereocenters. The van der Waals surface area contributed by atoms with Gasteiger partial charge in [-0.05, 0) is 18.2 Å². The van der Waals surface area contributed by atoms with Crippen molar-refractivity contribution >= 4 is 39.1 Å². The van der Waals surface area contributed by atoms with Gasteiger partial charge in [0.2, 0.25) is 0 Å². The highest BCUT2D eigenvalue weighted by atomic mass is 16.8. The number of nitrogens with one attached hydrogen (secondary N) is 2. The van der Waals surface area contributed by atoms with Crippen LogP contribution in [0.25, 0.3) is 21.8 Å². The number of anilines is 1. The molecule has 3 aromatic carbocycles. The Labute approximate surface area is 160 Å². The van der Waals surface area contributed by atoms with Crippen LogP contribution < -0.4 is 15.3 Å². The van der Waals surface area contributed by atoms with E-state index in [9.17, 15) is 10.0 Å². The van der Waals surface area contributed by atoms with Crippen molar-refractivity contribution in [1.29, 1.82) is 0 Å². The lowest BCUT2D eigenvalue weighted by atomic mass is 10.1. The number of methoxy groups -OCH3 is 1. The van der Waals surface area contributed by atoms with Crippen LogP contribution >= 0.6 is 0 Å². The van der Waals surface area contributed by atoms with E-state index < -0.39 is 11.1 Å². The number of nitrogens with zero attached hydrogens (tertiary/aromatic N) is 1. The fraction of sp³-hybridized carbons (Fsp3) is 0.0476. The summed E-state index contributed by atoms with van der Waals surface area (Å²) in [5.41, 5.74) is 2.48. The molecule has 28 heavy (non-hydrogen) atoms. The van der Waals surface area contributed by atoms with Gasteiger partial charge in [-0.1, -0.05) is 36.4 Å². The number of rotatable bonds is 4. The van der Waals surface area contributed by atoms with Gasteiger partial charge in [-0.2, -0.15) is 5.23 Å². The molecular weight excluding hydrogens is 358 g/mol. The number of pyridine rings is 1. The van der Waals surface area contributed by atoms with Gasteiger partial charge in [0.1, 0.15) is 5.75 Å². The minimum absolute atomic E-state index is 0.0493. The molecule has 1 atom stereocenters. The third kappa shape index (κ3) is 3.14. The van der Waals surface area contributed by atoms with Gasteiger partial charge in [0.05, 0.1) is 29.4 Å². The van der Waals surface area contributed by atoms with E-state index in [-0.39, 0.29) is 17.0 Å². The highest BCUT2D eigenvalue weighted by Gasteiger charge is 2.18. The molecule has 0 saturated heterocycles. The molecule has 4 rings (SSSR count). The van der Waals surface area contributed by atoms with Crippen molar-refractivity contribution in [2.24, 2.45) is 0 Å². The first-order valence-corrected chi connectivity index (χ1v) is 8.58. The highest BCUT2D eigenvalue weighted by Crippen LogP contribution is 2.32. The lowest BCUT2D eigenvalue weighted by Crippen LogP contribution is -2.99. The molecule has 0 spiro atoms. The molecule has 0 aliphatic carbocycles. The second-order valence-electron chi connectivity index (χ2n) is 6.20. The molecule has 140 valence electrons. The molecule has 7 nitrogen and oxygen atoms in total. The fourth-order valence-electron chi connectivity index (χ4n) is 3.17. The molecule has 4 aromatic rings. The van der Waals surface area contributed by atoms with Gasteiger partial charge in [-0.3, -0.25) is 4.79 Å². The number of benzene rings is 3. The number of ether oxygens (including phenoxy) is 1. The summed E-state index contributed by atoms with van der Waals surface area (Å²) in [5.74, 6) is -0.199. The summed E-state index contributed by atoms with van der Waals surface area (Å²) < 4.78 is 5.23. The van der Waals surface area contributed by atoms with Gasteiger partial charge in [-0.25, -0.2) is 10.2 Å².